The highest BCUT2D eigenvalue weighted by Gasteiger charge is 2.41. The predicted octanol–water partition coefficient (Wildman–Crippen LogP) is 2.30. The highest BCUT2D eigenvalue weighted by molar-refractivity contribution is 6.32. The minimum Gasteiger partial charge on any atom is -0.291 e. The fourth-order valence-electron chi connectivity index (χ4n) is 2.43. The number of barbiturate groups is 1. The SMILES string of the molecule is O=C1NC(=O)N(c2ccccc2F)C(=O)[C@H]1C=NCc1ccccc1. The monoisotopic (exact) mass is 339 g/mol. The van der Waals surface area contributed by atoms with Gasteiger partial charge in [-0.1, -0.05) is 42.5 Å². The Labute approximate surface area is 143 Å². The van der Waals surface area contributed by atoms with Crippen LogP contribution in [0.25, 0.3) is 0 Å². The number of anilines is 1. The van der Waals surface area contributed by atoms with Crippen LogP contribution in [0.5, 0.6) is 0 Å². The van der Waals surface area contributed by atoms with Crippen LogP contribution in [0.15, 0.2) is 59.6 Å². The number of carbonyl (C=O) groups excluding carboxylic acids is 3. The summed E-state index contributed by atoms with van der Waals surface area (Å²) in [6.07, 6.45) is 1.19. The van der Waals surface area contributed by atoms with Crippen molar-refractivity contribution in [2.45, 2.75) is 6.54 Å². The van der Waals surface area contributed by atoms with Gasteiger partial charge in [0.2, 0.25) is 5.91 Å². The van der Waals surface area contributed by atoms with Crippen LogP contribution in [0.2, 0.25) is 0 Å². The Morgan fingerprint density at radius 2 is 1.72 bits per heavy atom. The first-order valence-corrected chi connectivity index (χ1v) is 7.55. The van der Waals surface area contributed by atoms with E-state index in [1.165, 1.54) is 24.4 Å². The van der Waals surface area contributed by atoms with Crippen LogP contribution in [0.1, 0.15) is 5.56 Å². The molecule has 6 nitrogen and oxygen atoms in total. The maximum Gasteiger partial charge on any atom is 0.335 e. The van der Waals surface area contributed by atoms with Crippen molar-refractivity contribution < 1.29 is 18.8 Å². The lowest BCUT2D eigenvalue weighted by Crippen LogP contribution is -2.58. The van der Waals surface area contributed by atoms with Crippen LogP contribution < -0.4 is 10.2 Å². The van der Waals surface area contributed by atoms with Gasteiger partial charge in [-0.2, -0.15) is 0 Å². The van der Waals surface area contributed by atoms with Crippen LogP contribution in [-0.4, -0.2) is 24.1 Å². The molecule has 2 aromatic carbocycles. The van der Waals surface area contributed by atoms with Gasteiger partial charge >= 0.3 is 6.03 Å². The van der Waals surface area contributed by atoms with Gasteiger partial charge in [0.1, 0.15) is 5.82 Å². The number of hydrogen-bond acceptors (Lipinski definition) is 4. The summed E-state index contributed by atoms with van der Waals surface area (Å²) < 4.78 is 13.9. The summed E-state index contributed by atoms with van der Waals surface area (Å²) in [5.41, 5.74) is 0.698. The highest BCUT2D eigenvalue weighted by Crippen LogP contribution is 2.23. The van der Waals surface area contributed by atoms with Crippen molar-refractivity contribution in [3.8, 4) is 0 Å². The number of para-hydroxylation sites is 1. The summed E-state index contributed by atoms with van der Waals surface area (Å²) in [5, 5.41) is 2.05. The maximum atomic E-state index is 13.9. The summed E-state index contributed by atoms with van der Waals surface area (Å²) in [6, 6.07) is 13.7. The molecule has 1 aliphatic heterocycles. The molecular formula is C18H14FN3O3. The zero-order chi connectivity index (χ0) is 17.8. The average molecular weight is 339 g/mol. The van der Waals surface area contributed by atoms with Crippen molar-refractivity contribution in [3.63, 3.8) is 0 Å². The van der Waals surface area contributed by atoms with Gasteiger partial charge in [0, 0.05) is 6.21 Å². The first-order valence-electron chi connectivity index (χ1n) is 7.55. The maximum absolute atomic E-state index is 13.9. The van der Waals surface area contributed by atoms with Crippen molar-refractivity contribution in [2.75, 3.05) is 4.90 Å². The quantitative estimate of drug-likeness (QED) is 0.686. The molecule has 1 saturated heterocycles. The third kappa shape index (κ3) is 3.45. The Morgan fingerprint density at radius 1 is 1.04 bits per heavy atom. The number of halogens is 1. The molecule has 25 heavy (non-hydrogen) atoms. The van der Waals surface area contributed by atoms with E-state index < -0.39 is 29.6 Å². The van der Waals surface area contributed by atoms with Gasteiger partial charge in [-0.05, 0) is 17.7 Å². The van der Waals surface area contributed by atoms with Crippen LogP contribution in [-0.2, 0) is 16.1 Å². The van der Waals surface area contributed by atoms with E-state index in [9.17, 15) is 18.8 Å². The molecule has 0 radical (unpaired) electrons. The molecule has 4 amide bonds. The molecule has 7 heteroatoms. The van der Waals surface area contributed by atoms with Gasteiger partial charge in [-0.15, -0.1) is 0 Å². The first-order chi connectivity index (χ1) is 12.1. The molecule has 126 valence electrons. The molecule has 2 aromatic rings. The Bertz CT molecular complexity index is 852. The molecule has 0 saturated carbocycles. The number of nitrogens with zero attached hydrogens (tertiary/aromatic N) is 2. The number of carbonyl (C=O) groups is 3. The summed E-state index contributed by atoms with van der Waals surface area (Å²) in [5.74, 6) is -3.64. The van der Waals surface area contributed by atoms with E-state index in [-0.39, 0.29) is 12.2 Å². The van der Waals surface area contributed by atoms with E-state index in [1.54, 1.807) is 0 Å². The van der Waals surface area contributed by atoms with Crippen LogP contribution in [0, 0.1) is 11.7 Å². The average Bonchev–Trinajstić information content (AvgIpc) is 2.60. The van der Waals surface area contributed by atoms with Gasteiger partial charge in [0.25, 0.3) is 5.91 Å². The Kier molecular flexibility index (Phi) is 4.65. The topological polar surface area (TPSA) is 78.8 Å². The van der Waals surface area contributed by atoms with Crippen molar-refractivity contribution in [1.29, 1.82) is 0 Å². The van der Waals surface area contributed by atoms with E-state index in [4.69, 9.17) is 0 Å². The number of rotatable bonds is 4. The molecule has 1 atom stereocenters. The summed E-state index contributed by atoms with van der Waals surface area (Å²) in [6.45, 7) is 0.283. The number of aliphatic imine (C=N–C) groups is 1. The third-order valence-corrected chi connectivity index (χ3v) is 3.67. The Hall–Kier alpha value is -3.35. The second-order valence-electron chi connectivity index (χ2n) is 5.37. The molecule has 0 bridgehead atoms. The normalized spacial score (nSPS) is 17.9. The number of urea groups is 1. The summed E-state index contributed by atoms with van der Waals surface area (Å²) >= 11 is 0. The first kappa shape index (κ1) is 16.5. The molecule has 0 aromatic heterocycles. The Morgan fingerprint density at radius 3 is 2.44 bits per heavy atom. The van der Waals surface area contributed by atoms with Gasteiger partial charge in [0.05, 0.1) is 12.2 Å². The number of benzene rings is 2. The van der Waals surface area contributed by atoms with E-state index in [2.05, 4.69) is 10.3 Å². The van der Waals surface area contributed by atoms with Gasteiger partial charge < -0.3 is 0 Å². The van der Waals surface area contributed by atoms with Gasteiger partial charge in [0.15, 0.2) is 5.92 Å². The minimum atomic E-state index is -1.29. The number of amides is 4. The van der Waals surface area contributed by atoms with E-state index >= 15 is 0 Å². The van der Waals surface area contributed by atoms with Gasteiger partial charge in [-0.3, -0.25) is 19.9 Å². The fourth-order valence-corrected chi connectivity index (χ4v) is 2.43. The highest BCUT2D eigenvalue weighted by atomic mass is 19.1. The number of hydrogen-bond donors (Lipinski definition) is 1. The lowest BCUT2D eigenvalue weighted by atomic mass is 10.1. The number of nitrogens with one attached hydrogen (secondary N) is 1. The van der Waals surface area contributed by atoms with E-state index in [1.807, 2.05) is 30.3 Å². The third-order valence-electron chi connectivity index (χ3n) is 3.67. The molecule has 0 unspecified atom stereocenters. The van der Waals surface area contributed by atoms with Crippen LogP contribution in [0.4, 0.5) is 14.9 Å². The zero-order valence-electron chi connectivity index (χ0n) is 13.1. The Balaban J connectivity index is 1.82. The van der Waals surface area contributed by atoms with Crippen molar-refractivity contribution in [1.82, 2.24) is 5.32 Å². The molecule has 1 heterocycles. The van der Waals surface area contributed by atoms with Crippen molar-refractivity contribution in [2.24, 2.45) is 10.9 Å². The van der Waals surface area contributed by atoms with Gasteiger partial charge in [-0.25, -0.2) is 14.1 Å². The smallest absolute Gasteiger partial charge is 0.291 e. The molecule has 1 fully saturated rings. The second kappa shape index (κ2) is 7.04. The summed E-state index contributed by atoms with van der Waals surface area (Å²) in [7, 11) is 0. The largest absolute Gasteiger partial charge is 0.335 e. The van der Waals surface area contributed by atoms with Crippen LogP contribution >= 0.6 is 0 Å². The lowest BCUT2D eigenvalue weighted by Gasteiger charge is -2.28. The van der Waals surface area contributed by atoms with Crippen molar-refractivity contribution in [3.05, 3.63) is 66.0 Å². The van der Waals surface area contributed by atoms with E-state index in [0.717, 1.165) is 11.6 Å². The molecule has 0 spiro atoms. The molecule has 3 rings (SSSR count). The zero-order valence-corrected chi connectivity index (χ0v) is 13.1. The van der Waals surface area contributed by atoms with Crippen molar-refractivity contribution >= 4 is 29.7 Å². The lowest BCUT2D eigenvalue weighted by molar-refractivity contribution is -0.131. The van der Waals surface area contributed by atoms with E-state index in [0.29, 0.717) is 4.90 Å². The summed E-state index contributed by atoms with van der Waals surface area (Å²) in [4.78, 5) is 41.2. The molecule has 1 aliphatic rings. The predicted molar refractivity (Wildman–Crippen MR) is 89.6 cm³/mol. The second-order valence-corrected chi connectivity index (χ2v) is 5.37. The standard InChI is InChI=1S/C18H14FN3O3/c19-14-8-4-5-9-15(14)22-17(24)13(16(23)21-18(22)25)11-20-10-12-6-2-1-3-7-12/h1-9,11,13H,10H2,(H,21,23,25)/t13-/m0/s1. The molecule has 0 aliphatic carbocycles. The minimum absolute atomic E-state index is 0.209. The van der Waals surface area contributed by atoms with Crippen LogP contribution in [0.3, 0.4) is 0 Å². The molecule has 1 N–H and O–H groups in total. The molecular weight excluding hydrogens is 325 g/mol. The number of imide groups is 2. The fraction of sp³-hybridized carbons (Fsp3) is 0.111.